The highest BCUT2D eigenvalue weighted by molar-refractivity contribution is 8.93. The summed E-state index contributed by atoms with van der Waals surface area (Å²) < 4.78 is 7.02. The van der Waals surface area contributed by atoms with Gasteiger partial charge in [-0.3, -0.25) is 14.3 Å². The molecule has 2 aromatic rings. The number of hydrogen-bond donors (Lipinski definition) is 1. The molecular weight excluding hydrogens is 470 g/mol. The van der Waals surface area contributed by atoms with Gasteiger partial charge in [0.15, 0.2) is 11.0 Å². The largest absolute Gasteiger partial charge is 0.465 e. The predicted octanol–water partition coefficient (Wildman–Crippen LogP) is 3.56. The van der Waals surface area contributed by atoms with E-state index in [2.05, 4.69) is 34.1 Å². The summed E-state index contributed by atoms with van der Waals surface area (Å²) in [4.78, 5) is 14.1. The highest BCUT2D eigenvalue weighted by Gasteiger charge is 2.30. The number of likely N-dealkylation sites (tertiary alicyclic amines) is 1. The van der Waals surface area contributed by atoms with Gasteiger partial charge < -0.3 is 9.94 Å². The van der Waals surface area contributed by atoms with E-state index in [1.807, 2.05) is 34.9 Å². The van der Waals surface area contributed by atoms with Crippen LogP contribution < -0.4 is 0 Å². The highest BCUT2D eigenvalue weighted by atomic mass is 79.9. The van der Waals surface area contributed by atoms with Crippen LogP contribution in [0.3, 0.4) is 0 Å². The molecule has 0 spiro atoms. The molecular formula is C20H28BrN5O3S. The monoisotopic (exact) mass is 497 g/mol. The molecule has 3 rings (SSSR count). The first-order valence-electron chi connectivity index (χ1n) is 9.76. The SMILES string of the molecule is Br.CCOC(=O)CSc1nnc(CN2CC(C)C(=NO)CC2C)n1-c1ccccc1. The van der Waals surface area contributed by atoms with Gasteiger partial charge >= 0.3 is 5.97 Å². The molecule has 164 valence electrons. The van der Waals surface area contributed by atoms with Crippen molar-refractivity contribution >= 4 is 40.4 Å². The van der Waals surface area contributed by atoms with Crippen molar-refractivity contribution < 1.29 is 14.7 Å². The van der Waals surface area contributed by atoms with E-state index in [-0.39, 0.29) is 40.7 Å². The zero-order valence-corrected chi connectivity index (χ0v) is 19.9. The predicted molar refractivity (Wildman–Crippen MR) is 122 cm³/mol. The first-order chi connectivity index (χ1) is 14.0. The number of halogens is 1. The van der Waals surface area contributed by atoms with Gasteiger partial charge in [0.25, 0.3) is 0 Å². The third kappa shape index (κ3) is 5.83. The Balaban J connectivity index is 0.00000320. The van der Waals surface area contributed by atoms with Gasteiger partial charge in [0, 0.05) is 30.6 Å². The van der Waals surface area contributed by atoms with Crippen LogP contribution >= 0.6 is 28.7 Å². The third-order valence-corrected chi connectivity index (χ3v) is 5.92. The van der Waals surface area contributed by atoms with E-state index in [1.165, 1.54) is 11.8 Å². The summed E-state index contributed by atoms with van der Waals surface area (Å²) in [7, 11) is 0. The van der Waals surface area contributed by atoms with Gasteiger partial charge in [-0.2, -0.15) is 0 Å². The second-order valence-electron chi connectivity index (χ2n) is 7.14. The summed E-state index contributed by atoms with van der Waals surface area (Å²) in [5.74, 6) is 0.913. The van der Waals surface area contributed by atoms with Crippen molar-refractivity contribution in [1.29, 1.82) is 0 Å². The van der Waals surface area contributed by atoms with Crippen molar-refractivity contribution in [3.8, 4) is 5.69 Å². The quantitative estimate of drug-likeness (QED) is 0.270. The van der Waals surface area contributed by atoms with Crippen LogP contribution in [0.5, 0.6) is 0 Å². The summed E-state index contributed by atoms with van der Waals surface area (Å²) >= 11 is 1.32. The van der Waals surface area contributed by atoms with Gasteiger partial charge in [0.05, 0.1) is 24.6 Å². The standard InChI is InChI=1S/C20H27N5O3S.BrH/c1-4-28-19(26)13-29-20-22-21-18(25(20)16-8-6-5-7-9-16)12-24-11-14(2)17(23-27)10-15(24)3;/h5-9,14-15,27H,4,10-13H2,1-3H3;1H. The number of hydrogen-bond acceptors (Lipinski definition) is 8. The van der Waals surface area contributed by atoms with Crippen molar-refractivity contribution in [1.82, 2.24) is 19.7 Å². The first kappa shape index (κ1) is 24.4. The second kappa shape index (κ2) is 11.5. The normalized spacial score (nSPS) is 20.7. The molecule has 2 unspecified atom stereocenters. The van der Waals surface area contributed by atoms with Crippen molar-refractivity contribution in [3.63, 3.8) is 0 Å². The van der Waals surface area contributed by atoms with Crippen molar-refractivity contribution in [3.05, 3.63) is 36.2 Å². The van der Waals surface area contributed by atoms with Crippen LogP contribution in [0.25, 0.3) is 5.69 Å². The summed E-state index contributed by atoms with van der Waals surface area (Å²) in [6, 6.07) is 10.1. The van der Waals surface area contributed by atoms with Crippen LogP contribution in [0.15, 0.2) is 40.6 Å². The number of aromatic nitrogens is 3. The molecule has 1 aliphatic heterocycles. The van der Waals surface area contributed by atoms with E-state index in [0.717, 1.165) is 30.2 Å². The zero-order valence-electron chi connectivity index (χ0n) is 17.4. The topological polar surface area (TPSA) is 92.8 Å². The lowest BCUT2D eigenvalue weighted by atomic mass is 9.93. The molecule has 2 heterocycles. The molecule has 2 atom stereocenters. The Bertz CT molecular complexity index is 861. The maximum atomic E-state index is 11.8. The van der Waals surface area contributed by atoms with Crippen LogP contribution in [0.2, 0.25) is 0 Å². The highest BCUT2D eigenvalue weighted by Crippen LogP contribution is 2.26. The van der Waals surface area contributed by atoms with E-state index in [0.29, 0.717) is 18.3 Å². The molecule has 1 N–H and O–H groups in total. The van der Waals surface area contributed by atoms with E-state index >= 15 is 0 Å². The number of thioether (sulfide) groups is 1. The van der Waals surface area contributed by atoms with Crippen LogP contribution in [0, 0.1) is 5.92 Å². The van der Waals surface area contributed by atoms with Crippen molar-refractivity contribution in [2.45, 2.75) is 44.9 Å². The number of nitrogens with zero attached hydrogens (tertiary/aromatic N) is 5. The van der Waals surface area contributed by atoms with E-state index in [1.54, 1.807) is 6.92 Å². The average molecular weight is 498 g/mol. The lowest BCUT2D eigenvalue weighted by molar-refractivity contribution is -0.139. The number of piperidine rings is 1. The number of para-hydroxylation sites is 1. The Kier molecular flexibility index (Phi) is 9.32. The molecule has 8 nitrogen and oxygen atoms in total. The van der Waals surface area contributed by atoms with Crippen LogP contribution in [0.1, 0.15) is 33.0 Å². The van der Waals surface area contributed by atoms with Crippen LogP contribution in [-0.2, 0) is 16.1 Å². The molecule has 0 bridgehead atoms. The fourth-order valence-corrected chi connectivity index (χ4v) is 4.24. The van der Waals surface area contributed by atoms with Gasteiger partial charge in [-0.05, 0) is 26.0 Å². The molecule has 1 aromatic heterocycles. The molecule has 0 aliphatic carbocycles. The molecule has 1 aromatic carbocycles. The van der Waals surface area contributed by atoms with Gasteiger partial charge in [0.2, 0.25) is 0 Å². The van der Waals surface area contributed by atoms with E-state index in [9.17, 15) is 10.0 Å². The summed E-state index contributed by atoms with van der Waals surface area (Å²) in [6.07, 6.45) is 0.724. The molecule has 10 heteroatoms. The second-order valence-corrected chi connectivity index (χ2v) is 8.08. The van der Waals surface area contributed by atoms with Crippen LogP contribution in [0.4, 0.5) is 0 Å². The fraction of sp³-hybridized carbons (Fsp3) is 0.500. The fourth-order valence-electron chi connectivity index (χ4n) is 3.47. The zero-order chi connectivity index (χ0) is 20.8. The Morgan fingerprint density at radius 1 is 1.30 bits per heavy atom. The number of ether oxygens (including phenoxy) is 1. The lowest BCUT2D eigenvalue weighted by Gasteiger charge is -2.36. The Hall–Kier alpha value is -1.91. The Morgan fingerprint density at radius 2 is 2.03 bits per heavy atom. The molecule has 30 heavy (non-hydrogen) atoms. The smallest absolute Gasteiger partial charge is 0.316 e. The minimum atomic E-state index is -0.268. The molecule has 1 fully saturated rings. The summed E-state index contributed by atoms with van der Waals surface area (Å²) in [5, 5.41) is 22.1. The van der Waals surface area contributed by atoms with E-state index < -0.39 is 0 Å². The number of carbonyl (C=O) groups is 1. The molecule has 0 amide bonds. The Labute approximate surface area is 191 Å². The van der Waals surface area contributed by atoms with Crippen molar-refractivity contribution in [2.75, 3.05) is 18.9 Å². The summed E-state index contributed by atoms with van der Waals surface area (Å²) in [5.41, 5.74) is 1.79. The van der Waals surface area contributed by atoms with Crippen molar-refractivity contribution in [2.24, 2.45) is 11.1 Å². The summed E-state index contributed by atoms with van der Waals surface area (Å²) in [6.45, 7) is 7.74. The number of benzene rings is 1. The maximum absolute atomic E-state index is 11.8. The van der Waals surface area contributed by atoms with Gasteiger partial charge in [-0.1, -0.05) is 42.0 Å². The lowest BCUT2D eigenvalue weighted by Crippen LogP contribution is -2.45. The third-order valence-electron chi connectivity index (χ3n) is 5.02. The number of oxime groups is 1. The van der Waals surface area contributed by atoms with Gasteiger partial charge in [-0.25, -0.2) is 0 Å². The Morgan fingerprint density at radius 3 is 2.70 bits per heavy atom. The van der Waals surface area contributed by atoms with Gasteiger partial charge in [0.1, 0.15) is 0 Å². The molecule has 0 radical (unpaired) electrons. The molecule has 0 saturated carbocycles. The maximum Gasteiger partial charge on any atom is 0.316 e. The molecule has 1 aliphatic rings. The van der Waals surface area contributed by atoms with Crippen LogP contribution in [-0.4, -0.2) is 61.5 Å². The number of rotatable bonds is 7. The average Bonchev–Trinajstić information content (AvgIpc) is 3.12. The minimum Gasteiger partial charge on any atom is -0.465 e. The van der Waals surface area contributed by atoms with E-state index in [4.69, 9.17) is 4.74 Å². The minimum absolute atomic E-state index is 0. The number of esters is 1. The van der Waals surface area contributed by atoms with Gasteiger partial charge in [-0.15, -0.1) is 27.2 Å². The first-order valence-corrected chi connectivity index (χ1v) is 10.7. The number of carbonyl (C=O) groups excluding carboxylic acids is 1. The molecule has 1 saturated heterocycles.